The Hall–Kier alpha value is -3.07. The second-order valence-electron chi connectivity index (χ2n) is 10.3. The van der Waals surface area contributed by atoms with Crippen LogP contribution < -0.4 is 14.5 Å². The number of carbonyl (C=O) groups is 2. The summed E-state index contributed by atoms with van der Waals surface area (Å²) in [4.78, 5) is 30.3. The lowest BCUT2D eigenvalue weighted by Gasteiger charge is -2.37. The van der Waals surface area contributed by atoms with Crippen molar-refractivity contribution < 1.29 is 18.0 Å². The van der Waals surface area contributed by atoms with Crippen LogP contribution in [0.25, 0.3) is 0 Å². The van der Waals surface area contributed by atoms with Gasteiger partial charge in [-0.05, 0) is 55.5 Å². The molecule has 3 aliphatic rings. The van der Waals surface area contributed by atoms with Gasteiger partial charge in [-0.1, -0.05) is 30.7 Å². The first-order chi connectivity index (χ1) is 17.2. The van der Waals surface area contributed by atoms with E-state index in [1.165, 1.54) is 21.1 Å². The van der Waals surface area contributed by atoms with E-state index in [4.69, 9.17) is 0 Å². The molecule has 0 aliphatic carbocycles. The first kappa shape index (κ1) is 24.6. The van der Waals surface area contributed by atoms with Crippen LogP contribution in [0, 0.1) is 19.8 Å². The van der Waals surface area contributed by atoms with E-state index in [0.29, 0.717) is 56.9 Å². The zero-order chi connectivity index (χ0) is 25.6. The molecule has 3 aliphatic heterocycles. The normalized spacial score (nSPS) is 23.8. The summed E-state index contributed by atoms with van der Waals surface area (Å²) in [6.45, 7) is 9.67. The Kier molecular flexibility index (Phi) is 6.44. The predicted molar refractivity (Wildman–Crippen MR) is 141 cm³/mol. The number of aryl methyl sites for hydroxylation is 2. The van der Waals surface area contributed by atoms with Crippen LogP contribution >= 0.6 is 0 Å². The summed E-state index contributed by atoms with van der Waals surface area (Å²) in [5.74, 6) is -0.401. The highest BCUT2D eigenvalue weighted by Gasteiger charge is 2.37. The minimum Gasteiger partial charge on any atom is -0.368 e. The Bertz CT molecular complexity index is 1300. The van der Waals surface area contributed by atoms with Crippen LogP contribution in [-0.4, -0.2) is 70.2 Å². The van der Waals surface area contributed by atoms with Gasteiger partial charge in [0.15, 0.2) is 0 Å². The lowest BCUT2D eigenvalue weighted by molar-refractivity contribution is -0.120. The van der Waals surface area contributed by atoms with Crippen LogP contribution in [0.15, 0.2) is 36.4 Å². The second kappa shape index (κ2) is 9.42. The molecule has 3 heterocycles. The Morgan fingerprint density at radius 1 is 0.972 bits per heavy atom. The van der Waals surface area contributed by atoms with E-state index < -0.39 is 10.0 Å². The highest BCUT2D eigenvalue weighted by molar-refractivity contribution is 7.93. The number of piperazine rings is 1. The third-order valence-electron chi connectivity index (χ3n) is 7.69. The van der Waals surface area contributed by atoms with E-state index in [1.807, 2.05) is 17.9 Å². The summed E-state index contributed by atoms with van der Waals surface area (Å²) in [7, 11) is -3.49. The Morgan fingerprint density at radius 3 is 2.33 bits per heavy atom. The van der Waals surface area contributed by atoms with E-state index in [9.17, 15) is 18.0 Å². The number of carbonyl (C=O) groups excluding carboxylic acids is 2. The highest BCUT2D eigenvalue weighted by atomic mass is 32.2. The molecule has 0 spiro atoms. The second-order valence-corrected chi connectivity index (χ2v) is 12.3. The maximum absolute atomic E-state index is 13.7. The summed E-state index contributed by atoms with van der Waals surface area (Å²) in [6.07, 6.45) is 0.523. The van der Waals surface area contributed by atoms with Gasteiger partial charge in [0.1, 0.15) is 0 Å². The maximum Gasteiger partial charge on any atom is 0.256 e. The van der Waals surface area contributed by atoms with Crippen LogP contribution in [0.4, 0.5) is 11.4 Å². The van der Waals surface area contributed by atoms with Crippen molar-refractivity contribution in [1.29, 1.82) is 0 Å². The molecule has 1 N–H and O–H groups in total. The monoisotopic (exact) mass is 510 g/mol. The molecule has 9 heteroatoms. The molecule has 1 unspecified atom stereocenters. The van der Waals surface area contributed by atoms with Gasteiger partial charge in [-0.3, -0.25) is 13.9 Å². The van der Waals surface area contributed by atoms with Gasteiger partial charge in [0, 0.05) is 45.0 Å². The van der Waals surface area contributed by atoms with Crippen molar-refractivity contribution in [2.45, 2.75) is 33.1 Å². The minimum absolute atomic E-state index is 0.0562. The summed E-state index contributed by atoms with van der Waals surface area (Å²) in [5.41, 5.74) is 5.17. The number of sulfonamides is 1. The SMILES string of the molecule is Cc1ccc(N2CCN(C(=O)c3ccc([C@@H]4C(=O)NCC4C)cc3N3CCCS3(=O)=O)CC2)c(C)c1. The summed E-state index contributed by atoms with van der Waals surface area (Å²) in [6, 6.07) is 11.7. The van der Waals surface area contributed by atoms with Crippen molar-refractivity contribution in [3.63, 3.8) is 0 Å². The zero-order valence-corrected chi connectivity index (χ0v) is 22.0. The molecule has 2 aromatic carbocycles. The third-order valence-corrected chi connectivity index (χ3v) is 9.54. The van der Waals surface area contributed by atoms with Gasteiger partial charge >= 0.3 is 0 Å². The fraction of sp³-hybridized carbons (Fsp3) is 0.481. The molecule has 0 radical (unpaired) electrons. The van der Waals surface area contributed by atoms with Gasteiger partial charge in [-0.25, -0.2) is 8.42 Å². The summed E-state index contributed by atoms with van der Waals surface area (Å²) >= 11 is 0. The highest BCUT2D eigenvalue weighted by Crippen LogP contribution is 2.36. The lowest BCUT2D eigenvalue weighted by atomic mass is 9.88. The average Bonchev–Trinajstić information content (AvgIpc) is 3.38. The van der Waals surface area contributed by atoms with Gasteiger partial charge in [0.25, 0.3) is 5.91 Å². The van der Waals surface area contributed by atoms with Gasteiger partial charge in [0.05, 0.1) is 22.9 Å². The number of nitrogens with one attached hydrogen (secondary N) is 1. The van der Waals surface area contributed by atoms with Gasteiger partial charge in [-0.2, -0.15) is 0 Å². The molecule has 0 bridgehead atoms. The molecule has 0 saturated carbocycles. The molecular weight excluding hydrogens is 476 g/mol. The fourth-order valence-corrected chi connectivity index (χ4v) is 7.32. The smallest absolute Gasteiger partial charge is 0.256 e. The molecule has 2 amide bonds. The minimum atomic E-state index is -3.49. The molecule has 3 saturated heterocycles. The van der Waals surface area contributed by atoms with E-state index >= 15 is 0 Å². The predicted octanol–water partition coefficient (Wildman–Crippen LogP) is 2.66. The van der Waals surface area contributed by atoms with Crippen molar-refractivity contribution in [2.24, 2.45) is 5.92 Å². The third kappa shape index (κ3) is 4.45. The Morgan fingerprint density at radius 2 is 1.72 bits per heavy atom. The molecule has 36 heavy (non-hydrogen) atoms. The number of amides is 2. The van der Waals surface area contributed by atoms with Crippen molar-refractivity contribution in [3.05, 3.63) is 58.7 Å². The molecule has 192 valence electrons. The van der Waals surface area contributed by atoms with Crippen molar-refractivity contribution in [2.75, 3.05) is 54.2 Å². The number of hydrogen-bond acceptors (Lipinski definition) is 5. The van der Waals surface area contributed by atoms with E-state index in [1.54, 1.807) is 12.1 Å². The number of benzene rings is 2. The van der Waals surface area contributed by atoms with Crippen LogP contribution in [0.2, 0.25) is 0 Å². The quantitative estimate of drug-likeness (QED) is 0.683. The number of anilines is 2. The standard InChI is InChI=1S/C27H34N4O4S/c1-18-5-8-23(19(2)15-18)29-10-12-30(13-11-29)27(33)22-7-6-21(25-20(3)17-28-26(25)32)16-24(22)31-9-4-14-36(31,34)35/h5-8,15-16,20,25H,4,9-14,17H2,1-3H3,(H,28,32)/t20?,25-/m1/s1. The molecule has 0 aromatic heterocycles. The molecular formula is C27H34N4O4S. The molecule has 3 fully saturated rings. The van der Waals surface area contributed by atoms with Crippen LogP contribution in [0.5, 0.6) is 0 Å². The van der Waals surface area contributed by atoms with Gasteiger partial charge in [0.2, 0.25) is 15.9 Å². The molecule has 5 rings (SSSR count). The van der Waals surface area contributed by atoms with Gasteiger partial charge in [-0.15, -0.1) is 0 Å². The summed E-state index contributed by atoms with van der Waals surface area (Å²) < 4.78 is 27.1. The Balaban J connectivity index is 1.42. The van der Waals surface area contributed by atoms with Crippen LogP contribution in [-0.2, 0) is 14.8 Å². The molecule has 2 aromatic rings. The first-order valence-electron chi connectivity index (χ1n) is 12.7. The lowest BCUT2D eigenvalue weighted by Crippen LogP contribution is -2.49. The molecule has 8 nitrogen and oxygen atoms in total. The number of hydrogen-bond donors (Lipinski definition) is 1. The summed E-state index contributed by atoms with van der Waals surface area (Å²) in [5, 5.41) is 2.89. The van der Waals surface area contributed by atoms with E-state index in [-0.39, 0.29) is 29.4 Å². The average molecular weight is 511 g/mol. The van der Waals surface area contributed by atoms with Crippen LogP contribution in [0.3, 0.4) is 0 Å². The zero-order valence-electron chi connectivity index (χ0n) is 21.2. The van der Waals surface area contributed by atoms with Crippen molar-refractivity contribution in [1.82, 2.24) is 10.2 Å². The topological polar surface area (TPSA) is 90.0 Å². The Labute approximate surface area is 213 Å². The number of nitrogens with zero attached hydrogens (tertiary/aromatic N) is 3. The molecule has 2 atom stereocenters. The van der Waals surface area contributed by atoms with Crippen LogP contribution in [0.1, 0.15) is 46.3 Å². The van der Waals surface area contributed by atoms with Gasteiger partial charge < -0.3 is 15.1 Å². The van der Waals surface area contributed by atoms with E-state index in [2.05, 4.69) is 42.3 Å². The van der Waals surface area contributed by atoms with Crippen molar-refractivity contribution >= 4 is 33.2 Å². The number of rotatable bonds is 4. The maximum atomic E-state index is 13.7. The van der Waals surface area contributed by atoms with E-state index in [0.717, 1.165) is 5.56 Å². The first-order valence-corrected chi connectivity index (χ1v) is 14.3. The van der Waals surface area contributed by atoms with Crippen molar-refractivity contribution in [3.8, 4) is 0 Å². The fourth-order valence-electron chi connectivity index (χ4n) is 5.75. The largest absolute Gasteiger partial charge is 0.368 e.